The third-order valence-corrected chi connectivity index (χ3v) is 4.24. The molecule has 0 aliphatic carbocycles. The Morgan fingerprint density at radius 2 is 2.24 bits per heavy atom. The van der Waals surface area contributed by atoms with Gasteiger partial charge in [-0.3, -0.25) is 9.59 Å². The molecule has 116 valence electrons. The number of rotatable bonds is 9. The summed E-state index contributed by atoms with van der Waals surface area (Å²) in [6.07, 6.45) is -0.233. The highest BCUT2D eigenvalue weighted by atomic mass is 32.2. The molecular formula is C12H17N3O4S2. The molecule has 2 amide bonds. The quantitative estimate of drug-likeness (QED) is 0.567. The number of aliphatic carboxylic acids is 1. The summed E-state index contributed by atoms with van der Waals surface area (Å²) < 4.78 is 0. The summed E-state index contributed by atoms with van der Waals surface area (Å²) in [7, 11) is 0. The molecule has 0 spiro atoms. The Hall–Kier alpha value is -1.61. The summed E-state index contributed by atoms with van der Waals surface area (Å²) in [5.41, 5.74) is 5.90. The van der Waals surface area contributed by atoms with Crippen molar-refractivity contribution >= 4 is 40.9 Å². The molecule has 0 aromatic carbocycles. The largest absolute Gasteiger partial charge is 0.480 e. The van der Waals surface area contributed by atoms with Crippen molar-refractivity contribution in [2.75, 3.05) is 5.75 Å². The van der Waals surface area contributed by atoms with Gasteiger partial charge in [0.25, 0.3) is 0 Å². The number of thioether (sulfide) groups is 1. The Morgan fingerprint density at radius 1 is 1.52 bits per heavy atom. The molecule has 0 fully saturated rings. The van der Waals surface area contributed by atoms with E-state index in [1.165, 1.54) is 0 Å². The van der Waals surface area contributed by atoms with E-state index in [-0.39, 0.29) is 6.42 Å². The predicted octanol–water partition coefficient (Wildman–Crippen LogP) is 0.520. The molecule has 0 aliphatic rings. The van der Waals surface area contributed by atoms with Crippen LogP contribution in [0.3, 0.4) is 0 Å². The summed E-state index contributed by atoms with van der Waals surface area (Å²) >= 11 is 3.11. The fraction of sp³-hybridized carbons (Fsp3) is 0.500. The molecule has 7 nitrogen and oxygen atoms in total. The minimum Gasteiger partial charge on any atom is -0.480 e. The van der Waals surface area contributed by atoms with Crippen molar-refractivity contribution in [2.24, 2.45) is 5.73 Å². The summed E-state index contributed by atoms with van der Waals surface area (Å²) in [5.74, 6) is -1.19. The lowest BCUT2D eigenvalue weighted by atomic mass is 10.2. The molecule has 1 heterocycles. The number of primary amides is 1. The van der Waals surface area contributed by atoms with Crippen LogP contribution in [0.1, 0.15) is 23.5 Å². The zero-order chi connectivity index (χ0) is 15.8. The maximum atomic E-state index is 11.6. The highest BCUT2D eigenvalue weighted by Gasteiger charge is 2.21. The van der Waals surface area contributed by atoms with E-state index in [4.69, 9.17) is 10.8 Å². The van der Waals surface area contributed by atoms with Gasteiger partial charge in [0.05, 0.1) is 17.1 Å². The van der Waals surface area contributed by atoms with Crippen LogP contribution in [0, 0.1) is 6.92 Å². The highest BCUT2D eigenvalue weighted by molar-refractivity contribution is 7.98. The smallest absolute Gasteiger partial charge is 0.326 e. The van der Waals surface area contributed by atoms with Crippen LogP contribution in [0.2, 0.25) is 0 Å². The second-order valence-corrected chi connectivity index (χ2v) is 6.46. The van der Waals surface area contributed by atoms with Crippen LogP contribution >= 0.6 is 23.1 Å². The van der Waals surface area contributed by atoms with Crippen molar-refractivity contribution < 1.29 is 19.5 Å². The van der Waals surface area contributed by atoms with E-state index in [9.17, 15) is 14.4 Å². The first-order valence-electron chi connectivity index (χ1n) is 6.17. The van der Waals surface area contributed by atoms with Gasteiger partial charge in [0.15, 0.2) is 0 Å². The van der Waals surface area contributed by atoms with Crippen LogP contribution in [0.4, 0.5) is 0 Å². The first-order valence-corrected chi connectivity index (χ1v) is 8.21. The van der Waals surface area contributed by atoms with Crippen molar-refractivity contribution in [2.45, 2.75) is 31.6 Å². The molecule has 0 saturated heterocycles. The first kappa shape index (κ1) is 17.4. The Kier molecular flexibility index (Phi) is 7.17. The SMILES string of the molecule is Cc1nc(CSCCC(=O)N[C@@H](CC(N)=O)C(=O)O)cs1. The lowest BCUT2D eigenvalue weighted by Gasteiger charge is -2.12. The number of carboxylic acid groups (broad SMARTS) is 1. The number of nitrogens with one attached hydrogen (secondary N) is 1. The van der Waals surface area contributed by atoms with E-state index in [1.807, 2.05) is 12.3 Å². The van der Waals surface area contributed by atoms with E-state index in [0.29, 0.717) is 11.5 Å². The van der Waals surface area contributed by atoms with Gasteiger partial charge in [-0.2, -0.15) is 11.8 Å². The maximum absolute atomic E-state index is 11.6. The normalized spacial score (nSPS) is 11.9. The number of hydrogen-bond acceptors (Lipinski definition) is 6. The minimum absolute atomic E-state index is 0.177. The molecule has 0 bridgehead atoms. The molecule has 1 atom stereocenters. The number of nitrogens with zero attached hydrogens (tertiary/aromatic N) is 1. The topological polar surface area (TPSA) is 122 Å². The second-order valence-electron chi connectivity index (χ2n) is 4.29. The fourth-order valence-electron chi connectivity index (χ4n) is 1.48. The van der Waals surface area contributed by atoms with Crippen LogP contribution in [0.5, 0.6) is 0 Å². The van der Waals surface area contributed by atoms with Crippen LogP contribution in [-0.4, -0.2) is 39.7 Å². The van der Waals surface area contributed by atoms with E-state index in [2.05, 4.69) is 10.3 Å². The maximum Gasteiger partial charge on any atom is 0.326 e. The minimum atomic E-state index is -1.27. The average Bonchev–Trinajstić information content (AvgIpc) is 2.79. The molecule has 4 N–H and O–H groups in total. The summed E-state index contributed by atoms with van der Waals surface area (Å²) in [4.78, 5) is 37.5. The monoisotopic (exact) mass is 331 g/mol. The zero-order valence-corrected chi connectivity index (χ0v) is 13.1. The number of nitrogens with two attached hydrogens (primary N) is 1. The van der Waals surface area contributed by atoms with E-state index < -0.39 is 30.2 Å². The van der Waals surface area contributed by atoms with Gasteiger partial charge in [-0.25, -0.2) is 9.78 Å². The van der Waals surface area contributed by atoms with Gasteiger partial charge < -0.3 is 16.2 Å². The molecule has 0 aliphatic heterocycles. The van der Waals surface area contributed by atoms with Crippen LogP contribution < -0.4 is 11.1 Å². The molecule has 21 heavy (non-hydrogen) atoms. The summed E-state index contributed by atoms with van der Waals surface area (Å²) in [5, 5.41) is 14.1. The number of carbonyl (C=O) groups is 3. The van der Waals surface area contributed by atoms with Gasteiger partial charge in [0.1, 0.15) is 6.04 Å². The van der Waals surface area contributed by atoms with Gasteiger partial charge in [-0.15, -0.1) is 11.3 Å². The number of hydrogen-bond donors (Lipinski definition) is 3. The summed E-state index contributed by atoms with van der Waals surface area (Å²) in [6.45, 7) is 1.93. The van der Waals surface area contributed by atoms with E-state index >= 15 is 0 Å². The fourth-order valence-corrected chi connectivity index (χ4v) is 3.03. The van der Waals surface area contributed by atoms with Gasteiger partial charge in [0.2, 0.25) is 11.8 Å². The van der Waals surface area contributed by atoms with E-state index in [0.717, 1.165) is 10.7 Å². The van der Waals surface area contributed by atoms with Crippen molar-refractivity contribution in [3.8, 4) is 0 Å². The summed E-state index contributed by atoms with van der Waals surface area (Å²) in [6, 6.07) is -1.26. The number of carbonyl (C=O) groups excluding carboxylic acids is 2. The first-order chi connectivity index (χ1) is 9.88. The molecule has 0 radical (unpaired) electrons. The van der Waals surface area contributed by atoms with Crippen LogP contribution in [0.15, 0.2) is 5.38 Å². The predicted molar refractivity (Wildman–Crippen MR) is 81.0 cm³/mol. The molecule has 1 aromatic heterocycles. The Labute approximate surface area is 130 Å². The number of thiazole rings is 1. The third-order valence-electron chi connectivity index (χ3n) is 2.43. The van der Waals surface area contributed by atoms with Gasteiger partial charge in [-0.05, 0) is 6.92 Å². The molecule has 1 aromatic rings. The van der Waals surface area contributed by atoms with E-state index in [1.54, 1.807) is 23.1 Å². The van der Waals surface area contributed by atoms with Gasteiger partial charge >= 0.3 is 5.97 Å². The molecule has 9 heteroatoms. The van der Waals surface area contributed by atoms with Crippen molar-refractivity contribution in [1.29, 1.82) is 0 Å². The zero-order valence-electron chi connectivity index (χ0n) is 11.5. The lowest BCUT2D eigenvalue weighted by molar-refractivity contribution is -0.143. The number of carboxylic acids is 1. The van der Waals surface area contributed by atoms with Gasteiger partial charge in [0, 0.05) is 23.3 Å². The van der Waals surface area contributed by atoms with Gasteiger partial charge in [-0.1, -0.05) is 0 Å². The Balaban J connectivity index is 2.26. The number of amides is 2. The number of aryl methyl sites for hydroxylation is 1. The highest BCUT2D eigenvalue weighted by Crippen LogP contribution is 2.15. The third kappa shape index (κ3) is 7.09. The molecular weight excluding hydrogens is 314 g/mol. The molecule has 0 saturated carbocycles. The Bertz CT molecular complexity index is 518. The van der Waals surface area contributed by atoms with Crippen molar-refractivity contribution in [3.05, 3.63) is 16.1 Å². The van der Waals surface area contributed by atoms with Crippen molar-refractivity contribution in [3.63, 3.8) is 0 Å². The van der Waals surface area contributed by atoms with Crippen LogP contribution in [-0.2, 0) is 20.1 Å². The van der Waals surface area contributed by atoms with Crippen molar-refractivity contribution in [1.82, 2.24) is 10.3 Å². The molecule has 1 rings (SSSR count). The average molecular weight is 331 g/mol. The standard InChI is InChI=1S/C12H17N3O4S2/c1-7-14-8(6-21-7)5-20-3-2-11(17)15-9(12(18)19)4-10(13)16/h6,9H,2-5H2,1H3,(H2,13,16)(H,15,17)(H,18,19)/t9-/m0/s1. The number of aromatic nitrogens is 1. The van der Waals surface area contributed by atoms with Crippen LogP contribution in [0.25, 0.3) is 0 Å². The second kappa shape index (κ2) is 8.63. The molecule has 0 unspecified atom stereocenters. The lowest BCUT2D eigenvalue weighted by Crippen LogP contribution is -2.43. The Morgan fingerprint density at radius 3 is 2.76 bits per heavy atom.